The van der Waals surface area contributed by atoms with Gasteiger partial charge in [-0.3, -0.25) is 4.79 Å². The molecule has 4 heteroatoms. The van der Waals surface area contributed by atoms with Crippen LogP contribution in [0.4, 0.5) is 4.39 Å². The molecule has 0 spiro atoms. The van der Waals surface area contributed by atoms with E-state index < -0.39 is 5.97 Å². The maximum absolute atomic E-state index is 13.5. The van der Waals surface area contributed by atoms with E-state index in [4.69, 9.17) is 9.84 Å². The Morgan fingerprint density at radius 1 is 1.50 bits per heavy atom. The Bertz CT molecular complexity index is 363. The maximum Gasteiger partial charge on any atom is 0.303 e. The smallest absolute Gasteiger partial charge is 0.303 e. The Labute approximate surface area is 93.9 Å². The number of carboxylic acids is 1. The molecule has 0 atom stereocenters. The van der Waals surface area contributed by atoms with E-state index in [0.717, 1.165) is 0 Å². The van der Waals surface area contributed by atoms with Gasteiger partial charge in [-0.2, -0.15) is 0 Å². The van der Waals surface area contributed by atoms with Crippen LogP contribution in [0.3, 0.4) is 0 Å². The number of benzene rings is 1. The first-order valence-electron chi connectivity index (χ1n) is 5.26. The van der Waals surface area contributed by atoms with Gasteiger partial charge in [0, 0.05) is 12.5 Å². The van der Waals surface area contributed by atoms with E-state index in [0.29, 0.717) is 30.8 Å². The predicted molar refractivity (Wildman–Crippen MR) is 58.1 cm³/mol. The summed E-state index contributed by atoms with van der Waals surface area (Å²) in [5.74, 6) is -0.690. The molecular weight excluding hydrogens is 211 g/mol. The Hall–Kier alpha value is -1.58. The molecule has 1 rings (SSSR count). The molecule has 1 aromatic carbocycles. The van der Waals surface area contributed by atoms with Gasteiger partial charge in [0.05, 0.1) is 6.61 Å². The minimum atomic E-state index is -0.855. The molecule has 0 radical (unpaired) electrons. The normalized spacial score (nSPS) is 10.1. The molecule has 1 aromatic rings. The molecule has 0 aliphatic heterocycles. The van der Waals surface area contributed by atoms with Crippen LogP contribution >= 0.6 is 0 Å². The lowest BCUT2D eigenvalue weighted by Gasteiger charge is -2.06. The highest BCUT2D eigenvalue weighted by Gasteiger charge is 2.05. The highest BCUT2D eigenvalue weighted by molar-refractivity contribution is 5.66. The van der Waals surface area contributed by atoms with Crippen molar-refractivity contribution < 1.29 is 19.0 Å². The van der Waals surface area contributed by atoms with Gasteiger partial charge in [0.25, 0.3) is 0 Å². The number of ether oxygens (including phenoxy) is 1. The van der Waals surface area contributed by atoms with E-state index in [1.807, 2.05) is 6.92 Å². The zero-order chi connectivity index (χ0) is 12.0. The molecule has 0 bridgehead atoms. The fraction of sp³-hybridized carbons (Fsp3) is 0.417. The van der Waals surface area contributed by atoms with Gasteiger partial charge in [-0.15, -0.1) is 0 Å². The zero-order valence-corrected chi connectivity index (χ0v) is 9.20. The summed E-state index contributed by atoms with van der Waals surface area (Å²) in [6.07, 6.45) is 0.942. The molecule has 0 aromatic heterocycles. The summed E-state index contributed by atoms with van der Waals surface area (Å²) in [5, 5.41) is 8.46. The highest BCUT2D eigenvalue weighted by atomic mass is 19.1. The summed E-state index contributed by atoms with van der Waals surface area (Å²) in [6, 6.07) is 4.67. The van der Waals surface area contributed by atoms with E-state index in [2.05, 4.69) is 0 Å². The second kappa shape index (κ2) is 6.10. The molecule has 0 amide bonds. The topological polar surface area (TPSA) is 46.5 Å². The fourth-order valence-electron chi connectivity index (χ4n) is 1.42. The first kappa shape index (κ1) is 12.5. The number of hydrogen-bond acceptors (Lipinski definition) is 2. The quantitative estimate of drug-likeness (QED) is 0.811. The van der Waals surface area contributed by atoms with Crippen LogP contribution in [0, 0.1) is 5.82 Å². The number of carboxylic acid groups (broad SMARTS) is 1. The monoisotopic (exact) mass is 226 g/mol. The molecule has 0 aliphatic rings. The molecule has 16 heavy (non-hydrogen) atoms. The lowest BCUT2D eigenvalue weighted by Crippen LogP contribution is -1.98. The van der Waals surface area contributed by atoms with Crippen LogP contribution in [0.5, 0.6) is 5.75 Å². The van der Waals surface area contributed by atoms with Gasteiger partial charge < -0.3 is 9.84 Å². The van der Waals surface area contributed by atoms with E-state index >= 15 is 0 Å². The second-order valence-electron chi connectivity index (χ2n) is 3.43. The third-order valence-electron chi connectivity index (χ3n) is 2.17. The van der Waals surface area contributed by atoms with Crippen molar-refractivity contribution in [2.75, 3.05) is 6.61 Å². The molecule has 0 aliphatic carbocycles. The molecule has 0 saturated heterocycles. The molecule has 0 unspecified atom stereocenters. The van der Waals surface area contributed by atoms with Gasteiger partial charge in [-0.1, -0.05) is 6.07 Å². The number of hydrogen-bond donors (Lipinski definition) is 1. The molecule has 3 nitrogen and oxygen atoms in total. The lowest BCUT2D eigenvalue weighted by atomic mass is 10.1. The van der Waals surface area contributed by atoms with Crippen molar-refractivity contribution in [3.05, 3.63) is 29.6 Å². The van der Waals surface area contributed by atoms with Crippen LogP contribution in [-0.4, -0.2) is 17.7 Å². The van der Waals surface area contributed by atoms with Gasteiger partial charge in [0.15, 0.2) is 0 Å². The molecule has 0 fully saturated rings. The van der Waals surface area contributed by atoms with Crippen molar-refractivity contribution in [1.29, 1.82) is 0 Å². The van der Waals surface area contributed by atoms with Gasteiger partial charge in [0.2, 0.25) is 0 Å². The third kappa shape index (κ3) is 3.88. The average Bonchev–Trinajstić information content (AvgIpc) is 2.21. The Morgan fingerprint density at radius 2 is 2.25 bits per heavy atom. The van der Waals surface area contributed by atoms with E-state index in [-0.39, 0.29) is 12.2 Å². The van der Waals surface area contributed by atoms with Crippen molar-refractivity contribution in [3.63, 3.8) is 0 Å². The Morgan fingerprint density at radius 3 is 2.81 bits per heavy atom. The summed E-state index contributed by atoms with van der Waals surface area (Å²) < 4.78 is 18.6. The van der Waals surface area contributed by atoms with E-state index in [9.17, 15) is 9.18 Å². The van der Waals surface area contributed by atoms with Gasteiger partial charge in [-0.05, 0) is 31.4 Å². The summed E-state index contributed by atoms with van der Waals surface area (Å²) >= 11 is 0. The van der Waals surface area contributed by atoms with Gasteiger partial charge in [0.1, 0.15) is 11.6 Å². The van der Waals surface area contributed by atoms with Gasteiger partial charge >= 0.3 is 5.97 Å². The first-order chi connectivity index (χ1) is 7.63. The first-order valence-corrected chi connectivity index (χ1v) is 5.26. The molecule has 1 N–H and O–H groups in total. The minimum Gasteiger partial charge on any atom is -0.494 e. The van der Waals surface area contributed by atoms with Crippen LogP contribution < -0.4 is 4.74 Å². The summed E-state index contributed by atoms with van der Waals surface area (Å²) in [4.78, 5) is 10.3. The third-order valence-corrected chi connectivity index (χ3v) is 2.17. The molecular formula is C12H15FO3. The number of aryl methyl sites for hydroxylation is 1. The number of halogens is 1. The summed E-state index contributed by atoms with van der Waals surface area (Å²) in [6.45, 7) is 2.33. The molecule has 0 heterocycles. The summed E-state index contributed by atoms with van der Waals surface area (Å²) in [7, 11) is 0. The largest absolute Gasteiger partial charge is 0.494 e. The predicted octanol–water partition coefficient (Wildman–Crippen LogP) is 2.63. The van der Waals surface area contributed by atoms with Crippen molar-refractivity contribution in [2.24, 2.45) is 0 Å². The van der Waals surface area contributed by atoms with E-state index in [1.54, 1.807) is 12.1 Å². The Kier molecular flexibility index (Phi) is 4.76. The zero-order valence-electron chi connectivity index (χ0n) is 9.20. The van der Waals surface area contributed by atoms with Crippen molar-refractivity contribution in [1.82, 2.24) is 0 Å². The number of carbonyl (C=O) groups is 1. The fourth-order valence-corrected chi connectivity index (χ4v) is 1.42. The van der Waals surface area contributed by atoms with Crippen molar-refractivity contribution in [3.8, 4) is 5.75 Å². The van der Waals surface area contributed by atoms with Crippen LogP contribution in [-0.2, 0) is 11.2 Å². The SMILES string of the molecule is CCOc1ccc(CCCC(=O)O)c(F)c1. The molecule has 0 saturated carbocycles. The minimum absolute atomic E-state index is 0.0622. The lowest BCUT2D eigenvalue weighted by molar-refractivity contribution is -0.137. The van der Waals surface area contributed by atoms with Gasteiger partial charge in [-0.25, -0.2) is 4.39 Å². The average molecular weight is 226 g/mol. The van der Waals surface area contributed by atoms with E-state index in [1.165, 1.54) is 6.07 Å². The Balaban J connectivity index is 2.57. The maximum atomic E-state index is 13.5. The second-order valence-corrected chi connectivity index (χ2v) is 3.43. The highest BCUT2D eigenvalue weighted by Crippen LogP contribution is 2.18. The van der Waals surface area contributed by atoms with Crippen molar-refractivity contribution >= 4 is 5.97 Å². The van der Waals surface area contributed by atoms with Crippen LogP contribution in [0.1, 0.15) is 25.3 Å². The van der Waals surface area contributed by atoms with Crippen LogP contribution in [0.15, 0.2) is 18.2 Å². The number of aliphatic carboxylic acids is 1. The van der Waals surface area contributed by atoms with Crippen LogP contribution in [0.25, 0.3) is 0 Å². The van der Waals surface area contributed by atoms with Crippen LogP contribution in [0.2, 0.25) is 0 Å². The number of rotatable bonds is 6. The standard InChI is InChI=1S/C12H15FO3/c1-2-16-10-7-6-9(11(13)8-10)4-3-5-12(14)15/h6-8H,2-5H2,1H3,(H,14,15). The van der Waals surface area contributed by atoms with Crippen molar-refractivity contribution in [2.45, 2.75) is 26.2 Å². The molecule has 88 valence electrons. The summed E-state index contributed by atoms with van der Waals surface area (Å²) in [5.41, 5.74) is 0.532.